The second-order valence-electron chi connectivity index (χ2n) is 11.6. The maximum absolute atomic E-state index is 6.23. The highest BCUT2D eigenvalue weighted by Crippen LogP contribution is 2.39. The first-order valence-electron chi connectivity index (χ1n) is 15.3. The molecule has 0 bridgehead atoms. The van der Waals surface area contributed by atoms with E-state index in [-0.39, 0.29) is 0 Å². The molecule has 46 heavy (non-hydrogen) atoms. The molecule has 214 valence electrons. The van der Waals surface area contributed by atoms with Crippen molar-refractivity contribution in [3.05, 3.63) is 140 Å². The highest BCUT2D eigenvalue weighted by Gasteiger charge is 2.17. The van der Waals surface area contributed by atoms with Gasteiger partial charge in [0.25, 0.3) is 0 Å². The Labute approximate surface area is 262 Å². The van der Waals surface area contributed by atoms with Crippen LogP contribution in [0.5, 0.6) is 0 Å². The SMILES string of the molecule is c1ccc(-c2nc(-c3ccc4c(ccc5ccc6oc7ccccc7c6c54)c3)nc(-c3ccc4oc5ccccc5c4c3)n2)cc1. The third kappa shape index (κ3) is 3.79. The fourth-order valence-electron chi connectivity index (χ4n) is 6.72. The van der Waals surface area contributed by atoms with E-state index in [2.05, 4.69) is 66.7 Å². The van der Waals surface area contributed by atoms with Crippen LogP contribution in [0.2, 0.25) is 0 Å². The largest absolute Gasteiger partial charge is 0.456 e. The Morgan fingerprint density at radius 2 is 0.891 bits per heavy atom. The molecule has 0 spiro atoms. The van der Waals surface area contributed by atoms with Gasteiger partial charge in [-0.05, 0) is 58.6 Å². The lowest BCUT2D eigenvalue weighted by Gasteiger charge is -2.10. The number of rotatable bonds is 3. The monoisotopic (exact) mass is 589 g/mol. The molecule has 0 aliphatic carbocycles. The summed E-state index contributed by atoms with van der Waals surface area (Å²) in [6.07, 6.45) is 0. The molecule has 0 aliphatic rings. The van der Waals surface area contributed by atoms with Gasteiger partial charge in [-0.2, -0.15) is 0 Å². The minimum absolute atomic E-state index is 0.612. The summed E-state index contributed by atoms with van der Waals surface area (Å²) < 4.78 is 12.3. The minimum Gasteiger partial charge on any atom is -0.456 e. The highest BCUT2D eigenvalue weighted by molar-refractivity contribution is 6.26. The van der Waals surface area contributed by atoms with Crippen LogP contribution in [0.1, 0.15) is 0 Å². The Bertz CT molecular complexity index is 2810. The van der Waals surface area contributed by atoms with E-state index in [9.17, 15) is 0 Å². The molecule has 0 unspecified atom stereocenters. The molecule has 0 saturated heterocycles. The predicted octanol–water partition coefficient (Wildman–Crippen LogP) is 11.0. The Morgan fingerprint density at radius 1 is 0.326 bits per heavy atom. The average molecular weight is 590 g/mol. The van der Waals surface area contributed by atoms with Crippen molar-refractivity contribution < 1.29 is 8.83 Å². The second kappa shape index (κ2) is 9.58. The van der Waals surface area contributed by atoms with Crippen LogP contribution < -0.4 is 0 Å². The van der Waals surface area contributed by atoms with Crippen molar-refractivity contribution in [3.63, 3.8) is 0 Å². The normalized spacial score (nSPS) is 11.9. The van der Waals surface area contributed by atoms with Crippen molar-refractivity contribution in [2.45, 2.75) is 0 Å². The lowest BCUT2D eigenvalue weighted by Crippen LogP contribution is -2.00. The van der Waals surface area contributed by atoms with E-state index in [0.29, 0.717) is 17.5 Å². The summed E-state index contributed by atoms with van der Waals surface area (Å²) in [5.41, 5.74) is 6.24. The zero-order chi connectivity index (χ0) is 30.2. The van der Waals surface area contributed by atoms with Crippen LogP contribution in [0.15, 0.2) is 148 Å². The van der Waals surface area contributed by atoms with Crippen LogP contribution >= 0.6 is 0 Å². The van der Waals surface area contributed by atoms with Gasteiger partial charge in [0.05, 0.1) is 0 Å². The molecule has 5 nitrogen and oxygen atoms in total. The molecule has 3 heterocycles. The molecule has 0 N–H and O–H groups in total. The van der Waals surface area contributed by atoms with Crippen LogP contribution in [0.25, 0.3) is 99.6 Å². The minimum atomic E-state index is 0.612. The predicted molar refractivity (Wildman–Crippen MR) is 186 cm³/mol. The third-order valence-electron chi connectivity index (χ3n) is 8.90. The van der Waals surface area contributed by atoms with Gasteiger partial charge in [0.1, 0.15) is 22.3 Å². The lowest BCUT2D eigenvalue weighted by molar-refractivity contribution is 0.668. The Hall–Kier alpha value is -6.33. The molecule has 3 aromatic heterocycles. The average Bonchev–Trinajstić information content (AvgIpc) is 3.69. The van der Waals surface area contributed by atoms with Crippen molar-refractivity contribution in [1.29, 1.82) is 0 Å². The van der Waals surface area contributed by atoms with Crippen LogP contribution in [0.3, 0.4) is 0 Å². The van der Waals surface area contributed by atoms with Crippen molar-refractivity contribution in [3.8, 4) is 34.2 Å². The zero-order valence-corrected chi connectivity index (χ0v) is 24.4. The fraction of sp³-hybridized carbons (Fsp3) is 0. The summed E-state index contributed by atoms with van der Waals surface area (Å²) in [5, 5.41) is 9.00. The standard InChI is InChI=1S/C41H23N3O2/c1-2-8-25(9-3-1)39-42-40(44-41(43-39)28-18-20-35-32(23-28)30-10-4-6-12-33(30)45-35)27-16-19-29-26(22-27)15-14-24-17-21-36-38(37(24)29)31-11-5-7-13-34(31)46-36/h1-23H. The van der Waals surface area contributed by atoms with Crippen molar-refractivity contribution in [1.82, 2.24) is 15.0 Å². The second-order valence-corrected chi connectivity index (χ2v) is 11.6. The maximum atomic E-state index is 6.23. The number of hydrogen-bond acceptors (Lipinski definition) is 5. The molecule has 0 atom stereocenters. The van der Waals surface area contributed by atoms with Crippen LogP contribution in [0.4, 0.5) is 0 Å². The molecule has 5 heteroatoms. The summed E-state index contributed by atoms with van der Waals surface area (Å²) in [5.74, 6) is 1.86. The molecule has 0 fully saturated rings. The van der Waals surface area contributed by atoms with E-state index in [0.717, 1.165) is 71.3 Å². The lowest BCUT2D eigenvalue weighted by atomic mass is 9.96. The first kappa shape index (κ1) is 25.0. The van der Waals surface area contributed by atoms with E-state index in [1.807, 2.05) is 72.8 Å². The maximum Gasteiger partial charge on any atom is 0.164 e. The number of furan rings is 2. The first-order valence-corrected chi connectivity index (χ1v) is 15.3. The smallest absolute Gasteiger partial charge is 0.164 e. The Morgan fingerprint density at radius 3 is 1.72 bits per heavy atom. The zero-order valence-electron chi connectivity index (χ0n) is 24.4. The van der Waals surface area contributed by atoms with Gasteiger partial charge in [0, 0.05) is 43.6 Å². The van der Waals surface area contributed by atoms with E-state index in [1.54, 1.807) is 0 Å². The molecule has 0 amide bonds. The summed E-state index contributed by atoms with van der Waals surface area (Å²) in [4.78, 5) is 15.0. The fourth-order valence-corrected chi connectivity index (χ4v) is 6.72. The van der Waals surface area contributed by atoms with E-state index < -0.39 is 0 Å². The molecule has 7 aromatic carbocycles. The first-order chi connectivity index (χ1) is 22.8. The molecule has 10 aromatic rings. The van der Waals surface area contributed by atoms with Gasteiger partial charge >= 0.3 is 0 Å². The van der Waals surface area contributed by atoms with Gasteiger partial charge in [0.15, 0.2) is 17.5 Å². The number of nitrogens with zero attached hydrogens (tertiary/aromatic N) is 3. The van der Waals surface area contributed by atoms with Gasteiger partial charge in [-0.1, -0.05) is 97.1 Å². The number of para-hydroxylation sites is 2. The summed E-state index contributed by atoms with van der Waals surface area (Å²) in [6.45, 7) is 0. The number of aromatic nitrogens is 3. The Balaban J connectivity index is 1.19. The molecule has 10 rings (SSSR count). The number of hydrogen-bond donors (Lipinski definition) is 0. The van der Waals surface area contributed by atoms with Crippen molar-refractivity contribution >= 4 is 65.4 Å². The molecular weight excluding hydrogens is 566 g/mol. The number of benzene rings is 7. The molecular formula is C41H23N3O2. The number of fused-ring (bicyclic) bond motifs is 10. The summed E-state index contributed by atoms with van der Waals surface area (Å²) in [6, 6.07) is 47.6. The quantitative estimate of drug-likeness (QED) is 0.192. The molecule has 0 aliphatic heterocycles. The van der Waals surface area contributed by atoms with Gasteiger partial charge in [-0.25, -0.2) is 15.0 Å². The molecule has 0 radical (unpaired) electrons. The van der Waals surface area contributed by atoms with Crippen molar-refractivity contribution in [2.24, 2.45) is 0 Å². The van der Waals surface area contributed by atoms with E-state index in [1.165, 1.54) is 10.8 Å². The molecule has 0 saturated carbocycles. The van der Waals surface area contributed by atoms with Crippen LogP contribution in [-0.2, 0) is 0 Å². The summed E-state index contributed by atoms with van der Waals surface area (Å²) >= 11 is 0. The van der Waals surface area contributed by atoms with E-state index >= 15 is 0 Å². The van der Waals surface area contributed by atoms with Gasteiger partial charge < -0.3 is 8.83 Å². The van der Waals surface area contributed by atoms with E-state index in [4.69, 9.17) is 23.8 Å². The van der Waals surface area contributed by atoms with Gasteiger partial charge in [-0.15, -0.1) is 0 Å². The summed E-state index contributed by atoms with van der Waals surface area (Å²) in [7, 11) is 0. The topological polar surface area (TPSA) is 65.0 Å². The van der Waals surface area contributed by atoms with Crippen LogP contribution in [-0.4, -0.2) is 15.0 Å². The van der Waals surface area contributed by atoms with Gasteiger partial charge in [0.2, 0.25) is 0 Å². The third-order valence-corrected chi connectivity index (χ3v) is 8.90. The van der Waals surface area contributed by atoms with Crippen LogP contribution in [0, 0.1) is 0 Å². The Kier molecular flexibility index (Phi) is 5.22. The highest BCUT2D eigenvalue weighted by atomic mass is 16.3. The van der Waals surface area contributed by atoms with Gasteiger partial charge in [-0.3, -0.25) is 0 Å². The van der Waals surface area contributed by atoms with Crippen molar-refractivity contribution in [2.75, 3.05) is 0 Å².